The van der Waals surface area contributed by atoms with Gasteiger partial charge in [0.1, 0.15) is 0 Å². The first-order valence-corrected chi connectivity index (χ1v) is 5.59. The zero-order valence-electron chi connectivity index (χ0n) is 9.76. The summed E-state index contributed by atoms with van der Waals surface area (Å²) in [6.45, 7) is 2.07. The lowest BCUT2D eigenvalue weighted by atomic mass is 10.0. The average Bonchev–Trinajstić information content (AvgIpc) is 2.38. The predicted octanol–water partition coefficient (Wildman–Crippen LogP) is 3.98. The van der Waals surface area contributed by atoms with E-state index in [9.17, 15) is 4.79 Å². The first-order valence-electron chi connectivity index (χ1n) is 5.59. The maximum Gasteiger partial charge on any atom is 0.150 e. The number of hydrogen-bond donors (Lipinski definition) is 0. The van der Waals surface area contributed by atoms with E-state index < -0.39 is 0 Å². The van der Waals surface area contributed by atoms with E-state index in [0.29, 0.717) is 0 Å². The van der Waals surface area contributed by atoms with Crippen LogP contribution >= 0.6 is 0 Å². The van der Waals surface area contributed by atoms with Gasteiger partial charge in [-0.05, 0) is 23.6 Å². The summed E-state index contributed by atoms with van der Waals surface area (Å²) in [5, 5.41) is 0. The van der Waals surface area contributed by atoms with Crippen LogP contribution in [0.15, 0.2) is 48.5 Å². The molecule has 0 bridgehead atoms. The van der Waals surface area contributed by atoms with Gasteiger partial charge in [0.2, 0.25) is 0 Å². The number of carbonyl (C=O) groups excluding carboxylic acids is 1. The van der Waals surface area contributed by atoms with Gasteiger partial charge in [-0.15, -0.1) is 0 Å². The molecular formula is C16H14O. The van der Waals surface area contributed by atoms with Gasteiger partial charge in [-0.1, -0.05) is 60.7 Å². The van der Waals surface area contributed by atoms with Crippen molar-refractivity contribution in [3.63, 3.8) is 0 Å². The molecule has 1 heteroatoms. The minimum absolute atomic E-state index is 0.720. The van der Waals surface area contributed by atoms with Crippen molar-refractivity contribution in [1.82, 2.24) is 0 Å². The van der Waals surface area contributed by atoms with Gasteiger partial charge < -0.3 is 0 Å². The fraction of sp³-hybridized carbons (Fsp3) is 0.0625. The lowest BCUT2D eigenvalue weighted by Crippen LogP contribution is -1.84. The van der Waals surface area contributed by atoms with E-state index >= 15 is 0 Å². The second kappa shape index (κ2) is 5.26. The molecule has 0 atom stereocenters. The van der Waals surface area contributed by atoms with Gasteiger partial charge in [-0.25, -0.2) is 0 Å². The largest absolute Gasteiger partial charge is 0.298 e. The van der Waals surface area contributed by atoms with Crippen molar-refractivity contribution in [2.24, 2.45) is 0 Å². The molecule has 0 spiro atoms. The van der Waals surface area contributed by atoms with E-state index in [1.807, 2.05) is 48.6 Å². The van der Waals surface area contributed by atoms with Gasteiger partial charge in [0.15, 0.2) is 6.29 Å². The van der Waals surface area contributed by atoms with Gasteiger partial charge in [0, 0.05) is 5.56 Å². The molecule has 0 amide bonds. The molecule has 0 aliphatic carbocycles. The summed E-state index contributed by atoms with van der Waals surface area (Å²) in [5.41, 5.74) is 4.07. The Labute approximate surface area is 101 Å². The normalized spacial score (nSPS) is 10.6. The molecule has 17 heavy (non-hydrogen) atoms. The molecule has 0 aromatic heterocycles. The van der Waals surface area contributed by atoms with Crippen LogP contribution in [-0.2, 0) is 0 Å². The minimum atomic E-state index is 0.720. The lowest BCUT2D eigenvalue weighted by molar-refractivity contribution is 0.112. The first-order chi connectivity index (χ1) is 8.31. The monoisotopic (exact) mass is 222 g/mol. The van der Waals surface area contributed by atoms with Crippen molar-refractivity contribution in [2.75, 3.05) is 0 Å². The Kier molecular flexibility index (Phi) is 3.51. The molecule has 1 nitrogen and oxygen atoms in total. The standard InChI is InChI=1S/C16H14O/c1-13-6-2-3-7-14(13)10-11-15-8-4-5-9-16(15)12-17/h2-12H,1H3. The molecule has 0 fully saturated rings. The topological polar surface area (TPSA) is 17.1 Å². The van der Waals surface area contributed by atoms with E-state index in [2.05, 4.69) is 19.1 Å². The number of carbonyl (C=O) groups is 1. The highest BCUT2D eigenvalue weighted by Crippen LogP contribution is 2.14. The second-order valence-corrected chi connectivity index (χ2v) is 3.94. The van der Waals surface area contributed by atoms with Crippen LogP contribution < -0.4 is 0 Å². The van der Waals surface area contributed by atoms with Crippen LogP contribution in [-0.4, -0.2) is 6.29 Å². The van der Waals surface area contributed by atoms with E-state index in [1.54, 1.807) is 0 Å². The molecule has 2 aromatic rings. The Morgan fingerprint density at radius 1 is 0.765 bits per heavy atom. The fourth-order valence-electron chi connectivity index (χ4n) is 1.72. The number of rotatable bonds is 3. The van der Waals surface area contributed by atoms with Gasteiger partial charge in [0.05, 0.1) is 0 Å². The van der Waals surface area contributed by atoms with E-state index in [-0.39, 0.29) is 0 Å². The quantitative estimate of drug-likeness (QED) is 0.567. The molecule has 0 saturated carbocycles. The zero-order chi connectivity index (χ0) is 12.1. The SMILES string of the molecule is Cc1ccccc1C=Cc1ccccc1C=O. The van der Waals surface area contributed by atoms with Crippen molar-refractivity contribution >= 4 is 18.4 Å². The van der Waals surface area contributed by atoms with E-state index in [4.69, 9.17) is 0 Å². The second-order valence-electron chi connectivity index (χ2n) is 3.94. The number of hydrogen-bond acceptors (Lipinski definition) is 1. The van der Waals surface area contributed by atoms with Crippen LogP contribution in [0.2, 0.25) is 0 Å². The average molecular weight is 222 g/mol. The highest BCUT2D eigenvalue weighted by molar-refractivity contribution is 5.85. The highest BCUT2D eigenvalue weighted by Gasteiger charge is 1.96. The Bertz CT molecular complexity index is 553. The van der Waals surface area contributed by atoms with Crippen LogP contribution in [0.5, 0.6) is 0 Å². The predicted molar refractivity (Wildman–Crippen MR) is 71.9 cm³/mol. The molecule has 0 radical (unpaired) electrons. The summed E-state index contributed by atoms with van der Waals surface area (Å²) in [6, 6.07) is 15.7. The van der Waals surface area contributed by atoms with Crippen LogP contribution in [0.1, 0.15) is 27.0 Å². The Morgan fingerprint density at radius 2 is 1.29 bits per heavy atom. The number of benzene rings is 2. The van der Waals surface area contributed by atoms with Crippen LogP contribution in [0, 0.1) is 6.92 Å². The minimum Gasteiger partial charge on any atom is -0.298 e. The van der Waals surface area contributed by atoms with Crippen molar-refractivity contribution in [1.29, 1.82) is 0 Å². The third-order valence-electron chi connectivity index (χ3n) is 2.75. The molecule has 2 rings (SSSR count). The van der Waals surface area contributed by atoms with Crippen molar-refractivity contribution in [3.8, 4) is 0 Å². The van der Waals surface area contributed by atoms with Gasteiger partial charge in [-0.3, -0.25) is 4.79 Å². The van der Waals surface area contributed by atoms with E-state index in [0.717, 1.165) is 17.4 Å². The van der Waals surface area contributed by atoms with Gasteiger partial charge in [-0.2, -0.15) is 0 Å². The summed E-state index contributed by atoms with van der Waals surface area (Å²) in [5.74, 6) is 0. The third kappa shape index (κ3) is 2.70. The fourth-order valence-corrected chi connectivity index (χ4v) is 1.72. The summed E-state index contributed by atoms with van der Waals surface area (Å²) in [7, 11) is 0. The summed E-state index contributed by atoms with van der Waals surface area (Å²) in [4.78, 5) is 10.9. The number of aldehydes is 1. The third-order valence-corrected chi connectivity index (χ3v) is 2.75. The zero-order valence-corrected chi connectivity index (χ0v) is 9.76. The summed E-state index contributed by atoms with van der Waals surface area (Å²) >= 11 is 0. The molecule has 2 aromatic carbocycles. The summed E-state index contributed by atoms with van der Waals surface area (Å²) in [6.07, 6.45) is 4.90. The highest BCUT2D eigenvalue weighted by atomic mass is 16.1. The van der Waals surface area contributed by atoms with Crippen LogP contribution in [0.4, 0.5) is 0 Å². The maximum atomic E-state index is 10.9. The Hall–Kier alpha value is -2.15. The summed E-state index contributed by atoms with van der Waals surface area (Å²) < 4.78 is 0. The molecular weight excluding hydrogens is 208 g/mol. The first kappa shape index (κ1) is 11.3. The van der Waals surface area contributed by atoms with Gasteiger partial charge >= 0.3 is 0 Å². The molecule has 0 aliphatic heterocycles. The molecule has 0 heterocycles. The molecule has 0 unspecified atom stereocenters. The van der Waals surface area contributed by atoms with Crippen LogP contribution in [0.3, 0.4) is 0 Å². The van der Waals surface area contributed by atoms with Crippen LogP contribution in [0.25, 0.3) is 12.2 Å². The number of aryl methyl sites for hydroxylation is 1. The molecule has 84 valence electrons. The van der Waals surface area contributed by atoms with Crippen molar-refractivity contribution < 1.29 is 4.79 Å². The maximum absolute atomic E-state index is 10.9. The van der Waals surface area contributed by atoms with Gasteiger partial charge in [0.25, 0.3) is 0 Å². The smallest absolute Gasteiger partial charge is 0.150 e. The molecule has 0 N–H and O–H groups in total. The molecule has 0 saturated heterocycles. The van der Waals surface area contributed by atoms with E-state index in [1.165, 1.54) is 11.1 Å². The Balaban J connectivity index is 2.32. The lowest BCUT2D eigenvalue weighted by Gasteiger charge is -2.00. The Morgan fingerprint density at radius 3 is 1.94 bits per heavy atom. The van der Waals surface area contributed by atoms with Crippen molar-refractivity contribution in [3.05, 3.63) is 70.8 Å². The molecule has 0 aliphatic rings. The van der Waals surface area contributed by atoms with Crippen molar-refractivity contribution in [2.45, 2.75) is 6.92 Å².